The van der Waals surface area contributed by atoms with Crippen molar-refractivity contribution in [3.05, 3.63) is 54.1 Å². The van der Waals surface area contributed by atoms with E-state index in [2.05, 4.69) is 5.32 Å². The van der Waals surface area contributed by atoms with Gasteiger partial charge in [-0.15, -0.1) is 0 Å². The first kappa shape index (κ1) is 28.0. The number of benzene rings is 2. The van der Waals surface area contributed by atoms with Crippen molar-refractivity contribution in [1.82, 2.24) is 10.2 Å². The fourth-order valence-electron chi connectivity index (χ4n) is 3.40. The highest BCUT2D eigenvalue weighted by atomic mass is 32.2. The Kier molecular flexibility index (Phi) is 9.94. The minimum atomic E-state index is -3.87. The predicted octanol–water partition coefficient (Wildman–Crippen LogP) is 2.66. The first-order valence-electron chi connectivity index (χ1n) is 11.3. The summed E-state index contributed by atoms with van der Waals surface area (Å²) in [5.74, 6) is 0.124. The smallest absolute Gasteiger partial charge is 0.244 e. The van der Waals surface area contributed by atoms with E-state index in [4.69, 9.17) is 9.47 Å². The van der Waals surface area contributed by atoms with Crippen LogP contribution in [0.2, 0.25) is 0 Å². The Morgan fingerprint density at radius 3 is 2.20 bits per heavy atom. The summed E-state index contributed by atoms with van der Waals surface area (Å²) >= 11 is 0. The molecule has 2 amide bonds. The van der Waals surface area contributed by atoms with Gasteiger partial charge in [0, 0.05) is 19.2 Å². The predicted molar refractivity (Wildman–Crippen MR) is 136 cm³/mol. The molecule has 0 aliphatic heterocycles. The molecule has 10 heteroatoms. The van der Waals surface area contributed by atoms with Crippen LogP contribution in [0.5, 0.6) is 11.5 Å². The summed E-state index contributed by atoms with van der Waals surface area (Å²) in [5.41, 5.74) is 1.01. The van der Waals surface area contributed by atoms with Crippen LogP contribution in [0.1, 0.15) is 26.3 Å². The quantitative estimate of drug-likeness (QED) is 0.476. The Bertz CT molecular complexity index is 1110. The Labute approximate surface area is 208 Å². The van der Waals surface area contributed by atoms with Crippen LogP contribution in [0.15, 0.2) is 48.5 Å². The first-order valence-corrected chi connectivity index (χ1v) is 13.1. The zero-order chi connectivity index (χ0) is 26.2. The van der Waals surface area contributed by atoms with Crippen LogP contribution in [-0.2, 0) is 26.2 Å². The number of anilines is 1. The zero-order valence-electron chi connectivity index (χ0n) is 21.1. The molecular weight excluding hydrogens is 470 g/mol. The molecule has 1 N–H and O–H groups in total. The van der Waals surface area contributed by atoms with Gasteiger partial charge in [-0.25, -0.2) is 8.42 Å². The number of nitrogens with one attached hydrogen (secondary N) is 1. The summed E-state index contributed by atoms with van der Waals surface area (Å²) in [5, 5.41) is 2.85. The van der Waals surface area contributed by atoms with Gasteiger partial charge in [0.2, 0.25) is 21.8 Å². The van der Waals surface area contributed by atoms with Gasteiger partial charge in [-0.1, -0.05) is 44.2 Å². The van der Waals surface area contributed by atoms with Crippen molar-refractivity contribution in [2.24, 2.45) is 5.92 Å². The molecule has 2 aromatic carbocycles. The number of nitrogens with zero attached hydrogens (tertiary/aromatic N) is 2. The summed E-state index contributed by atoms with van der Waals surface area (Å²) in [6.45, 7) is 5.70. The Hall–Kier alpha value is -3.27. The van der Waals surface area contributed by atoms with Crippen LogP contribution < -0.4 is 19.1 Å². The molecule has 0 aromatic heterocycles. The van der Waals surface area contributed by atoms with Gasteiger partial charge in [-0.2, -0.15) is 0 Å². The standard InChI is InChI=1S/C25H35N3O6S/c1-18(2)15-26-25(30)19(3)27(16-20-10-8-7-9-11-20)24(29)17-28(35(6,31)32)22-13-12-21(33-4)14-23(22)34-5/h7-14,18-19H,15-17H2,1-6H3,(H,26,30)/t19-/m1/s1. The van der Waals surface area contributed by atoms with E-state index in [0.717, 1.165) is 16.1 Å². The molecule has 0 aliphatic carbocycles. The van der Waals surface area contributed by atoms with E-state index in [0.29, 0.717) is 12.3 Å². The SMILES string of the molecule is COc1ccc(N(CC(=O)N(Cc2ccccc2)[C@H](C)C(=O)NCC(C)C)S(C)(=O)=O)c(OC)c1. The monoisotopic (exact) mass is 505 g/mol. The van der Waals surface area contributed by atoms with Gasteiger partial charge in [0.15, 0.2) is 0 Å². The molecule has 0 heterocycles. The van der Waals surface area contributed by atoms with E-state index in [1.165, 1.54) is 25.2 Å². The lowest BCUT2D eigenvalue weighted by atomic mass is 10.1. The van der Waals surface area contributed by atoms with Crippen molar-refractivity contribution in [3.8, 4) is 11.5 Å². The van der Waals surface area contributed by atoms with Gasteiger partial charge >= 0.3 is 0 Å². The lowest BCUT2D eigenvalue weighted by Crippen LogP contribution is -2.51. The number of ether oxygens (including phenoxy) is 2. The lowest BCUT2D eigenvalue weighted by Gasteiger charge is -2.32. The zero-order valence-corrected chi connectivity index (χ0v) is 22.0. The van der Waals surface area contributed by atoms with Crippen molar-refractivity contribution >= 4 is 27.5 Å². The number of sulfonamides is 1. The average molecular weight is 506 g/mol. The second-order valence-corrected chi connectivity index (χ2v) is 10.5. The van der Waals surface area contributed by atoms with Crippen molar-refractivity contribution in [3.63, 3.8) is 0 Å². The molecule has 1 atom stereocenters. The molecule has 9 nitrogen and oxygen atoms in total. The number of rotatable bonds is 12. The van der Waals surface area contributed by atoms with Crippen LogP contribution in [0, 0.1) is 5.92 Å². The minimum Gasteiger partial charge on any atom is -0.497 e. The van der Waals surface area contributed by atoms with Crippen LogP contribution in [0.25, 0.3) is 0 Å². The average Bonchev–Trinajstić information content (AvgIpc) is 2.83. The molecule has 0 bridgehead atoms. The van der Waals surface area contributed by atoms with Gasteiger partial charge in [0.05, 0.1) is 26.2 Å². The van der Waals surface area contributed by atoms with Gasteiger partial charge in [-0.05, 0) is 30.5 Å². The third-order valence-electron chi connectivity index (χ3n) is 5.38. The number of hydrogen-bond acceptors (Lipinski definition) is 6. The van der Waals surface area contributed by atoms with Crippen LogP contribution in [0.3, 0.4) is 0 Å². The maximum atomic E-state index is 13.6. The maximum Gasteiger partial charge on any atom is 0.244 e. The molecule has 0 aliphatic rings. The number of amides is 2. The molecule has 35 heavy (non-hydrogen) atoms. The van der Waals surface area contributed by atoms with Gasteiger partial charge in [-0.3, -0.25) is 13.9 Å². The minimum absolute atomic E-state index is 0.146. The number of carbonyl (C=O) groups is 2. The lowest BCUT2D eigenvalue weighted by molar-refractivity contribution is -0.139. The molecule has 0 spiro atoms. The number of hydrogen-bond donors (Lipinski definition) is 1. The molecule has 0 radical (unpaired) electrons. The molecule has 0 fully saturated rings. The van der Waals surface area contributed by atoms with Crippen LogP contribution >= 0.6 is 0 Å². The highest BCUT2D eigenvalue weighted by molar-refractivity contribution is 7.92. The molecule has 0 saturated carbocycles. The van der Waals surface area contributed by atoms with E-state index in [9.17, 15) is 18.0 Å². The summed E-state index contributed by atoms with van der Waals surface area (Å²) in [6, 6.07) is 13.1. The van der Waals surface area contributed by atoms with Crippen LogP contribution in [-0.4, -0.2) is 64.7 Å². The summed E-state index contributed by atoms with van der Waals surface area (Å²) in [7, 11) is -0.983. The normalized spacial score (nSPS) is 12.1. The Morgan fingerprint density at radius 2 is 1.66 bits per heavy atom. The van der Waals surface area contributed by atoms with Crippen molar-refractivity contribution in [2.75, 3.05) is 37.9 Å². The Balaban J connectivity index is 2.41. The summed E-state index contributed by atoms with van der Waals surface area (Å²) in [6.07, 6.45) is 1.02. The number of carbonyl (C=O) groups excluding carboxylic acids is 2. The van der Waals surface area contributed by atoms with E-state index >= 15 is 0 Å². The van der Waals surface area contributed by atoms with E-state index in [-0.39, 0.29) is 29.8 Å². The van der Waals surface area contributed by atoms with Crippen LogP contribution in [0.4, 0.5) is 5.69 Å². The largest absolute Gasteiger partial charge is 0.497 e. The van der Waals surface area contributed by atoms with E-state index in [1.807, 2.05) is 44.2 Å². The highest BCUT2D eigenvalue weighted by Crippen LogP contribution is 2.33. The van der Waals surface area contributed by atoms with E-state index < -0.39 is 28.5 Å². The van der Waals surface area contributed by atoms with Gasteiger partial charge in [0.1, 0.15) is 24.1 Å². The van der Waals surface area contributed by atoms with E-state index in [1.54, 1.807) is 19.1 Å². The molecule has 2 rings (SSSR count). The fourth-order valence-corrected chi connectivity index (χ4v) is 4.25. The van der Waals surface area contributed by atoms with Crippen molar-refractivity contribution in [1.29, 1.82) is 0 Å². The van der Waals surface area contributed by atoms with Crippen molar-refractivity contribution in [2.45, 2.75) is 33.4 Å². The molecule has 0 saturated heterocycles. The fraction of sp³-hybridized carbons (Fsp3) is 0.440. The maximum absolute atomic E-state index is 13.6. The summed E-state index contributed by atoms with van der Waals surface area (Å²) in [4.78, 5) is 27.8. The van der Waals surface area contributed by atoms with Crippen molar-refractivity contribution < 1.29 is 27.5 Å². The highest BCUT2D eigenvalue weighted by Gasteiger charge is 2.31. The number of methoxy groups -OCH3 is 2. The first-order chi connectivity index (χ1) is 16.5. The Morgan fingerprint density at radius 1 is 1.00 bits per heavy atom. The second-order valence-electron chi connectivity index (χ2n) is 8.63. The van der Waals surface area contributed by atoms with Gasteiger partial charge in [0.25, 0.3) is 0 Å². The third kappa shape index (κ3) is 7.88. The molecular formula is C25H35N3O6S. The molecule has 0 unspecified atom stereocenters. The topological polar surface area (TPSA) is 105 Å². The molecule has 192 valence electrons. The third-order valence-corrected chi connectivity index (χ3v) is 6.51. The molecule has 2 aromatic rings. The second kappa shape index (κ2) is 12.4. The summed E-state index contributed by atoms with van der Waals surface area (Å²) < 4.78 is 37.0. The van der Waals surface area contributed by atoms with Gasteiger partial charge < -0.3 is 19.7 Å².